The average Bonchev–Trinajstić information content (AvgIpc) is 3.25. The van der Waals surface area contributed by atoms with Crippen LogP contribution < -0.4 is 5.32 Å². The van der Waals surface area contributed by atoms with Gasteiger partial charge in [-0.15, -0.1) is 0 Å². The van der Waals surface area contributed by atoms with Gasteiger partial charge in [-0.3, -0.25) is 4.79 Å². The van der Waals surface area contributed by atoms with Gasteiger partial charge in [-0.1, -0.05) is 5.16 Å². The van der Waals surface area contributed by atoms with E-state index in [1.807, 2.05) is 0 Å². The number of aromatic nitrogens is 1. The van der Waals surface area contributed by atoms with Gasteiger partial charge in [-0.05, 0) is 38.0 Å². The number of carbonyl (C=O) groups is 1. The van der Waals surface area contributed by atoms with Crippen LogP contribution in [0.5, 0.6) is 0 Å². The van der Waals surface area contributed by atoms with E-state index in [0.29, 0.717) is 18.3 Å². The third-order valence-electron chi connectivity index (χ3n) is 4.34. The standard InChI is InChI=1S/C15H22N2O4/c18-6-3-12(11-4-7-20-8-5-11)16-15(19)14-9-13(17-21-14)10-1-2-10/h9-12,18H,1-8H2,(H,16,19). The minimum atomic E-state index is -0.237. The topological polar surface area (TPSA) is 84.6 Å². The first-order chi connectivity index (χ1) is 10.3. The largest absolute Gasteiger partial charge is 0.396 e. The Bertz CT molecular complexity index is 478. The molecule has 1 aromatic rings. The van der Waals surface area contributed by atoms with Gasteiger partial charge in [-0.25, -0.2) is 0 Å². The first-order valence-electron chi connectivity index (χ1n) is 7.74. The van der Waals surface area contributed by atoms with Crippen molar-refractivity contribution in [1.29, 1.82) is 0 Å². The van der Waals surface area contributed by atoms with Crippen molar-refractivity contribution in [3.8, 4) is 0 Å². The minimum absolute atomic E-state index is 0.0409. The maximum atomic E-state index is 12.3. The highest BCUT2D eigenvalue weighted by Crippen LogP contribution is 2.39. The number of nitrogens with one attached hydrogen (secondary N) is 1. The Morgan fingerprint density at radius 3 is 2.81 bits per heavy atom. The Balaban J connectivity index is 1.61. The Labute approximate surface area is 123 Å². The van der Waals surface area contributed by atoms with Crippen LogP contribution >= 0.6 is 0 Å². The van der Waals surface area contributed by atoms with Gasteiger partial charge in [-0.2, -0.15) is 0 Å². The number of rotatable bonds is 6. The predicted octanol–water partition coefficient (Wildman–Crippen LogP) is 1.46. The molecule has 1 aliphatic heterocycles. The summed E-state index contributed by atoms with van der Waals surface area (Å²) < 4.78 is 10.5. The maximum absolute atomic E-state index is 12.3. The number of aliphatic hydroxyl groups is 1. The Hall–Kier alpha value is -1.40. The number of carbonyl (C=O) groups excluding carboxylic acids is 1. The molecule has 1 unspecified atom stereocenters. The van der Waals surface area contributed by atoms with Crippen LogP contribution in [0.2, 0.25) is 0 Å². The summed E-state index contributed by atoms with van der Waals surface area (Å²) in [6.07, 6.45) is 4.63. The van der Waals surface area contributed by atoms with Gasteiger partial charge in [0.1, 0.15) is 0 Å². The van der Waals surface area contributed by atoms with Crippen molar-refractivity contribution in [3.05, 3.63) is 17.5 Å². The number of ether oxygens (including phenoxy) is 1. The van der Waals surface area contributed by atoms with E-state index < -0.39 is 0 Å². The highest BCUT2D eigenvalue weighted by molar-refractivity contribution is 5.91. The summed E-state index contributed by atoms with van der Waals surface area (Å²) in [6, 6.07) is 1.70. The predicted molar refractivity (Wildman–Crippen MR) is 75.0 cm³/mol. The molecule has 0 aromatic carbocycles. The molecule has 6 nitrogen and oxygen atoms in total. The third-order valence-corrected chi connectivity index (χ3v) is 4.34. The van der Waals surface area contributed by atoms with Crippen LogP contribution in [0.25, 0.3) is 0 Å². The smallest absolute Gasteiger partial charge is 0.290 e. The molecular weight excluding hydrogens is 272 g/mol. The summed E-state index contributed by atoms with van der Waals surface area (Å²) in [7, 11) is 0. The van der Waals surface area contributed by atoms with Crippen LogP contribution in [0.1, 0.15) is 54.3 Å². The second-order valence-electron chi connectivity index (χ2n) is 5.93. The van der Waals surface area contributed by atoms with Gasteiger partial charge in [0.2, 0.25) is 5.76 Å². The molecule has 1 atom stereocenters. The van der Waals surface area contributed by atoms with Crippen molar-refractivity contribution in [3.63, 3.8) is 0 Å². The van der Waals surface area contributed by atoms with Gasteiger partial charge in [0.15, 0.2) is 0 Å². The van der Waals surface area contributed by atoms with E-state index in [0.717, 1.165) is 44.6 Å². The SMILES string of the molecule is O=C(NC(CCO)C1CCOCC1)c1cc(C2CC2)no1. The van der Waals surface area contributed by atoms with Crippen LogP contribution in [0.3, 0.4) is 0 Å². The maximum Gasteiger partial charge on any atom is 0.290 e. The Kier molecular flexibility index (Phi) is 4.55. The molecule has 2 aliphatic rings. The van der Waals surface area contributed by atoms with E-state index in [4.69, 9.17) is 9.26 Å². The average molecular weight is 294 g/mol. The molecule has 0 bridgehead atoms. The fourth-order valence-corrected chi connectivity index (χ4v) is 2.89. The molecule has 1 saturated heterocycles. The van der Waals surface area contributed by atoms with Gasteiger partial charge in [0.05, 0.1) is 5.69 Å². The summed E-state index contributed by atoms with van der Waals surface area (Å²) in [5, 5.41) is 16.2. The molecule has 21 heavy (non-hydrogen) atoms. The molecule has 2 N–H and O–H groups in total. The monoisotopic (exact) mass is 294 g/mol. The van der Waals surface area contributed by atoms with Crippen molar-refractivity contribution in [1.82, 2.24) is 10.5 Å². The minimum Gasteiger partial charge on any atom is -0.396 e. The van der Waals surface area contributed by atoms with Gasteiger partial charge >= 0.3 is 0 Å². The molecular formula is C15H22N2O4. The molecule has 116 valence electrons. The molecule has 0 radical (unpaired) electrons. The fourth-order valence-electron chi connectivity index (χ4n) is 2.89. The highest BCUT2D eigenvalue weighted by atomic mass is 16.5. The molecule has 1 saturated carbocycles. The second-order valence-corrected chi connectivity index (χ2v) is 5.93. The van der Waals surface area contributed by atoms with E-state index in [1.165, 1.54) is 0 Å². The fraction of sp³-hybridized carbons (Fsp3) is 0.733. The van der Waals surface area contributed by atoms with Crippen LogP contribution in [0.4, 0.5) is 0 Å². The van der Waals surface area contributed by atoms with Crippen LogP contribution in [-0.2, 0) is 4.74 Å². The normalized spacial score (nSPS) is 21.2. The van der Waals surface area contributed by atoms with E-state index in [-0.39, 0.29) is 24.3 Å². The number of hydrogen-bond donors (Lipinski definition) is 2. The Morgan fingerprint density at radius 2 is 2.14 bits per heavy atom. The van der Waals surface area contributed by atoms with Crippen molar-refractivity contribution in [2.45, 2.75) is 44.1 Å². The lowest BCUT2D eigenvalue weighted by Crippen LogP contribution is -2.42. The molecule has 2 fully saturated rings. The summed E-state index contributed by atoms with van der Waals surface area (Å²) >= 11 is 0. The summed E-state index contributed by atoms with van der Waals surface area (Å²) in [4.78, 5) is 12.3. The zero-order valence-electron chi connectivity index (χ0n) is 12.1. The second kappa shape index (κ2) is 6.58. The van der Waals surface area contributed by atoms with E-state index in [9.17, 15) is 9.90 Å². The number of hydrogen-bond acceptors (Lipinski definition) is 5. The van der Waals surface area contributed by atoms with Gasteiger partial charge in [0, 0.05) is 37.8 Å². The van der Waals surface area contributed by atoms with Crippen molar-refractivity contribution in [2.24, 2.45) is 5.92 Å². The first kappa shape index (κ1) is 14.5. The van der Waals surface area contributed by atoms with E-state index in [2.05, 4.69) is 10.5 Å². The first-order valence-corrected chi connectivity index (χ1v) is 7.74. The molecule has 1 aromatic heterocycles. The quantitative estimate of drug-likeness (QED) is 0.829. The van der Waals surface area contributed by atoms with Crippen LogP contribution in [0.15, 0.2) is 10.6 Å². The van der Waals surface area contributed by atoms with Crippen LogP contribution in [0, 0.1) is 5.92 Å². The summed E-state index contributed by atoms with van der Waals surface area (Å²) in [6.45, 7) is 1.50. The van der Waals surface area contributed by atoms with Gasteiger partial charge in [0.25, 0.3) is 5.91 Å². The zero-order valence-corrected chi connectivity index (χ0v) is 12.1. The lowest BCUT2D eigenvalue weighted by molar-refractivity contribution is 0.0473. The van der Waals surface area contributed by atoms with Crippen molar-refractivity contribution >= 4 is 5.91 Å². The lowest BCUT2D eigenvalue weighted by atomic mass is 9.90. The zero-order chi connectivity index (χ0) is 14.7. The number of nitrogens with zero attached hydrogens (tertiary/aromatic N) is 1. The molecule has 1 amide bonds. The van der Waals surface area contributed by atoms with Crippen molar-refractivity contribution < 1.29 is 19.2 Å². The summed E-state index contributed by atoms with van der Waals surface area (Å²) in [5.41, 5.74) is 0.880. The van der Waals surface area contributed by atoms with E-state index in [1.54, 1.807) is 6.07 Å². The Morgan fingerprint density at radius 1 is 1.38 bits per heavy atom. The number of aliphatic hydroxyl groups excluding tert-OH is 1. The number of amides is 1. The summed E-state index contributed by atoms with van der Waals surface area (Å²) in [5.74, 6) is 0.853. The van der Waals surface area contributed by atoms with Gasteiger partial charge < -0.3 is 19.7 Å². The molecule has 1 aliphatic carbocycles. The highest BCUT2D eigenvalue weighted by Gasteiger charge is 2.30. The van der Waals surface area contributed by atoms with Crippen LogP contribution in [-0.4, -0.2) is 42.0 Å². The molecule has 2 heterocycles. The molecule has 3 rings (SSSR count). The van der Waals surface area contributed by atoms with Crippen molar-refractivity contribution in [2.75, 3.05) is 19.8 Å². The van der Waals surface area contributed by atoms with E-state index >= 15 is 0 Å². The third kappa shape index (κ3) is 3.63. The lowest BCUT2D eigenvalue weighted by Gasteiger charge is -2.30. The molecule has 6 heteroatoms. The molecule has 0 spiro atoms.